The molecule has 11 rings (SSSR count). The minimum absolute atomic E-state index is 0.403. The first-order chi connectivity index (χ1) is 26.8. The Morgan fingerprint density at radius 1 is 0.296 bits per heavy atom. The SMILES string of the molecule is c1ccc(-c2ccc(N(c3ccc(-c4ccccc4)cc3)c3ccc4c(c3)-c3c(ccc5ccccc35)C43c4ccccc4-c4ccccc43)cc2)cc1. The fourth-order valence-corrected chi connectivity index (χ4v) is 9.35. The summed E-state index contributed by atoms with van der Waals surface area (Å²) in [5, 5.41) is 2.55. The molecule has 2 aliphatic carbocycles. The van der Waals surface area contributed by atoms with Crippen LogP contribution in [-0.2, 0) is 5.41 Å². The average Bonchev–Trinajstić information content (AvgIpc) is 3.72. The molecule has 0 fully saturated rings. The van der Waals surface area contributed by atoms with Gasteiger partial charge in [0.15, 0.2) is 0 Å². The molecule has 1 heteroatoms. The molecular formula is C53H35N. The lowest BCUT2D eigenvalue weighted by Gasteiger charge is -2.31. The van der Waals surface area contributed by atoms with Crippen LogP contribution in [0.3, 0.4) is 0 Å². The zero-order chi connectivity index (χ0) is 35.6. The molecule has 0 radical (unpaired) electrons. The van der Waals surface area contributed by atoms with E-state index in [-0.39, 0.29) is 0 Å². The van der Waals surface area contributed by atoms with Gasteiger partial charge in [0, 0.05) is 17.1 Å². The molecule has 252 valence electrons. The van der Waals surface area contributed by atoms with E-state index in [2.05, 4.69) is 217 Å². The van der Waals surface area contributed by atoms with Crippen molar-refractivity contribution in [2.75, 3.05) is 4.90 Å². The average molecular weight is 686 g/mol. The van der Waals surface area contributed by atoms with Crippen LogP contribution in [0.15, 0.2) is 212 Å². The Bertz CT molecular complexity index is 2720. The zero-order valence-corrected chi connectivity index (χ0v) is 29.7. The van der Waals surface area contributed by atoms with Gasteiger partial charge in [0.05, 0.1) is 5.41 Å². The summed E-state index contributed by atoms with van der Waals surface area (Å²) in [7, 11) is 0. The first-order valence-corrected chi connectivity index (χ1v) is 18.8. The van der Waals surface area contributed by atoms with Crippen LogP contribution in [0, 0.1) is 0 Å². The summed E-state index contributed by atoms with van der Waals surface area (Å²) in [5.74, 6) is 0. The number of hydrogen-bond donors (Lipinski definition) is 0. The number of nitrogens with zero attached hydrogens (tertiary/aromatic N) is 1. The molecule has 1 nitrogen and oxygen atoms in total. The van der Waals surface area contributed by atoms with E-state index in [0.717, 1.165) is 17.1 Å². The predicted molar refractivity (Wildman–Crippen MR) is 226 cm³/mol. The van der Waals surface area contributed by atoms with E-state index in [4.69, 9.17) is 0 Å². The molecule has 1 spiro atoms. The second kappa shape index (κ2) is 12.0. The lowest BCUT2D eigenvalue weighted by Crippen LogP contribution is -2.25. The van der Waals surface area contributed by atoms with E-state index >= 15 is 0 Å². The van der Waals surface area contributed by atoms with Crippen molar-refractivity contribution in [2.24, 2.45) is 0 Å². The second-order valence-corrected chi connectivity index (χ2v) is 14.4. The van der Waals surface area contributed by atoms with Gasteiger partial charge >= 0.3 is 0 Å². The van der Waals surface area contributed by atoms with Crippen molar-refractivity contribution in [3.05, 3.63) is 235 Å². The summed E-state index contributed by atoms with van der Waals surface area (Å²) in [6.07, 6.45) is 0. The van der Waals surface area contributed by atoms with Crippen LogP contribution in [0.2, 0.25) is 0 Å². The molecule has 0 bridgehead atoms. The van der Waals surface area contributed by atoms with Gasteiger partial charge in [-0.1, -0.05) is 176 Å². The maximum absolute atomic E-state index is 2.45. The second-order valence-electron chi connectivity index (χ2n) is 14.4. The molecule has 0 N–H and O–H groups in total. The molecule has 0 saturated carbocycles. The molecule has 2 aliphatic rings. The van der Waals surface area contributed by atoms with Crippen molar-refractivity contribution < 1.29 is 0 Å². The fourth-order valence-electron chi connectivity index (χ4n) is 9.35. The highest BCUT2D eigenvalue weighted by molar-refractivity contribution is 6.07. The lowest BCUT2D eigenvalue weighted by molar-refractivity contribution is 0.794. The summed E-state index contributed by atoms with van der Waals surface area (Å²) in [5.41, 5.74) is 18.5. The summed E-state index contributed by atoms with van der Waals surface area (Å²) < 4.78 is 0. The molecule has 0 aliphatic heterocycles. The van der Waals surface area contributed by atoms with Crippen LogP contribution < -0.4 is 4.90 Å². The van der Waals surface area contributed by atoms with E-state index < -0.39 is 5.41 Å². The number of rotatable bonds is 5. The van der Waals surface area contributed by atoms with Crippen LogP contribution in [-0.4, -0.2) is 0 Å². The van der Waals surface area contributed by atoms with Gasteiger partial charge in [-0.25, -0.2) is 0 Å². The molecular weight excluding hydrogens is 651 g/mol. The van der Waals surface area contributed by atoms with Gasteiger partial charge in [0.25, 0.3) is 0 Å². The lowest BCUT2D eigenvalue weighted by atomic mass is 9.70. The predicted octanol–water partition coefficient (Wildman–Crippen LogP) is 14.0. The third-order valence-corrected chi connectivity index (χ3v) is 11.7. The van der Waals surface area contributed by atoms with Crippen molar-refractivity contribution in [3.8, 4) is 44.5 Å². The maximum atomic E-state index is 2.45. The Kier molecular flexibility index (Phi) is 6.84. The summed E-state index contributed by atoms with van der Waals surface area (Å²) in [6, 6.07) is 78.2. The topological polar surface area (TPSA) is 3.24 Å². The standard InChI is InChI=1S/C53H35N/c1-3-13-36(14-4-1)38-23-28-41(29-24-38)54(42-30-25-39(26-31-42)37-15-5-2-6-16-37)43-32-34-50-47(35-43)52-44-18-8-7-17-40(44)27-33-51(52)53(50)48-21-11-9-19-45(48)46-20-10-12-22-49(46)53/h1-35H. The number of benzene rings is 9. The monoisotopic (exact) mass is 685 g/mol. The Balaban J connectivity index is 1.15. The quantitative estimate of drug-likeness (QED) is 0.174. The Hall–Kier alpha value is -6.96. The highest BCUT2D eigenvalue weighted by atomic mass is 15.1. The first kappa shape index (κ1) is 30.6. The van der Waals surface area contributed by atoms with Crippen LogP contribution >= 0.6 is 0 Å². The van der Waals surface area contributed by atoms with Crippen molar-refractivity contribution >= 4 is 27.8 Å². The van der Waals surface area contributed by atoms with Gasteiger partial charge in [0.2, 0.25) is 0 Å². The minimum Gasteiger partial charge on any atom is -0.310 e. The molecule has 0 atom stereocenters. The van der Waals surface area contributed by atoms with Gasteiger partial charge in [-0.2, -0.15) is 0 Å². The van der Waals surface area contributed by atoms with Crippen LogP contribution in [0.25, 0.3) is 55.3 Å². The fraction of sp³-hybridized carbons (Fsp3) is 0.0189. The number of hydrogen-bond acceptors (Lipinski definition) is 1. The summed E-state index contributed by atoms with van der Waals surface area (Å²) >= 11 is 0. The van der Waals surface area contributed by atoms with Crippen LogP contribution in [0.5, 0.6) is 0 Å². The van der Waals surface area contributed by atoms with Gasteiger partial charge in [0.1, 0.15) is 0 Å². The first-order valence-electron chi connectivity index (χ1n) is 18.8. The van der Waals surface area contributed by atoms with Gasteiger partial charge in [-0.15, -0.1) is 0 Å². The van der Waals surface area contributed by atoms with E-state index in [1.807, 2.05) is 0 Å². The molecule has 0 amide bonds. The summed E-state index contributed by atoms with van der Waals surface area (Å²) in [4.78, 5) is 2.41. The highest BCUT2D eigenvalue weighted by Crippen LogP contribution is 2.64. The van der Waals surface area contributed by atoms with E-state index in [9.17, 15) is 0 Å². The maximum Gasteiger partial charge on any atom is 0.0725 e. The van der Waals surface area contributed by atoms with Crippen LogP contribution in [0.1, 0.15) is 22.3 Å². The van der Waals surface area contributed by atoms with E-state index in [1.54, 1.807) is 0 Å². The zero-order valence-electron chi connectivity index (χ0n) is 29.7. The summed E-state index contributed by atoms with van der Waals surface area (Å²) in [6.45, 7) is 0. The number of fused-ring (bicyclic) bond motifs is 12. The van der Waals surface area contributed by atoms with Gasteiger partial charge < -0.3 is 4.90 Å². The molecule has 54 heavy (non-hydrogen) atoms. The van der Waals surface area contributed by atoms with Crippen LogP contribution in [0.4, 0.5) is 17.1 Å². The largest absolute Gasteiger partial charge is 0.310 e. The van der Waals surface area contributed by atoms with Crippen molar-refractivity contribution in [3.63, 3.8) is 0 Å². The number of anilines is 3. The van der Waals surface area contributed by atoms with E-state index in [1.165, 1.54) is 77.5 Å². The highest BCUT2D eigenvalue weighted by Gasteiger charge is 2.52. The van der Waals surface area contributed by atoms with Gasteiger partial charge in [-0.05, 0) is 114 Å². The molecule has 0 saturated heterocycles. The van der Waals surface area contributed by atoms with Crippen molar-refractivity contribution in [1.29, 1.82) is 0 Å². The third kappa shape index (κ3) is 4.45. The molecule has 9 aromatic rings. The van der Waals surface area contributed by atoms with Gasteiger partial charge in [-0.3, -0.25) is 0 Å². The molecule has 0 heterocycles. The third-order valence-electron chi connectivity index (χ3n) is 11.7. The Morgan fingerprint density at radius 3 is 1.33 bits per heavy atom. The normalized spacial score (nSPS) is 13.0. The Morgan fingerprint density at radius 2 is 0.741 bits per heavy atom. The Labute approximate surface area is 316 Å². The van der Waals surface area contributed by atoms with Crippen molar-refractivity contribution in [1.82, 2.24) is 0 Å². The smallest absolute Gasteiger partial charge is 0.0725 e. The molecule has 9 aromatic carbocycles. The molecule has 0 unspecified atom stereocenters. The minimum atomic E-state index is -0.403. The molecule has 0 aromatic heterocycles. The van der Waals surface area contributed by atoms with Crippen molar-refractivity contribution in [2.45, 2.75) is 5.41 Å². The van der Waals surface area contributed by atoms with E-state index in [0.29, 0.717) is 0 Å².